The van der Waals surface area contributed by atoms with E-state index in [1.54, 1.807) is 7.05 Å². The summed E-state index contributed by atoms with van der Waals surface area (Å²) in [4.78, 5) is 13.1. The zero-order valence-corrected chi connectivity index (χ0v) is 11.8. The molecule has 2 aromatic heterocycles. The van der Waals surface area contributed by atoms with E-state index in [1.807, 2.05) is 0 Å². The van der Waals surface area contributed by atoms with E-state index in [9.17, 15) is 18.0 Å². The summed E-state index contributed by atoms with van der Waals surface area (Å²) in [5, 5.41) is 11.5. The number of para-hydroxylation sites is 1. The van der Waals surface area contributed by atoms with Gasteiger partial charge in [-0.3, -0.25) is 4.79 Å². The molecule has 0 aliphatic rings. The Morgan fingerprint density at radius 3 is 2.70 bits per heavy atom. The van der Waals surface area contributed by atoms with Crippen LogP contribution in [0.3, 0.4) is 0 Å². The number of tetrazole rings is 1. The van der Waals surface area contributed by atoms with Crippen molar-refractivity contribution >= 4 is 10.9 Å². The maximum Gasteiger partial charge on any atom is 0.573 e. The number of alkyl halides is 3. The summed E-state index contributed by atoms with van der Waals surface area (Å²) in [6, 6.07) is 5.17. The van der Waals surface area contributed by atoms with Crippen LogP contribution in [-0.4, -0.2) is 31.1 Å². The highest BCUT2D eigenvalue weighted by molar-refractivity contribution is 5.84. The number of halogens is 3. The predicted molar refractivity (Wildman–Crippen MR) is 72.8 cm³/mol. The van der Waals surface area contributed by atoms with E-state index < -0.39 is 17.5 Å². The Bertz CT molecular complexity index is 916. The van der Waals surface area contributed by atoms with Crippen LogP contribution in [-0.2, 0) is 13.6 Å². The van der Waals surface area contributed by atoms with E-state index in [0.29, 0.717) is 5.82 Å². The lowest BCUT2D eigenvalue weighted by atomic mass is 10.2. The van der Waals surface area contributed by atoms with Crippen molar-refractivity contribution in [3.8, 4) is 5.75 Å². The van der Waals surface area contributed by atoms with Gasteiger partial charge in [-0.1, -0.05) is 6.07 Å². The molecule has 0 fully saturated rings. The van der Waals surface area contributed by atoms with Crippen LogP contribution in [0.25, 0.3) is 10.9 Å². The molecule has 0 atom stereocenters. The van der Waals surface area contributed by atoms with Gasteiger partial charge in [0.2, 0.25) is 0 Å². The minimum absolute atomic E-state index is 0.0183. The lowest BCUT2D eigenvalue weighted by Crippen LogP contribution is -2.19. The monoisotopic (exact) mass is 325 g/mol. The van der Waals surface area contributed by atoms with E-state index in [1.165, 1.54) is 33.8 Å². The van der Waals surface area contributed by atoms with E-state index in [-0.39, 0.29) is 17.4 Å². The first-order valence-electron chi connectivity index (χ1n) is 6.44. The molecule has 2 heterocycles. The number of pyridine rings is 1. The molecule has 23 heavy (non-hydrogen) atoms. The van der Waals surface area contributed by atoms with Crippen LogP contribution < -0.4 is 10.2 Å². The second-order valence-corrected chi connectivity index (χ2v) is 4.70. The summed E-state index contributed by atoms with van der Waals surface area (Å²) >= 11 is 0. The van der Waals surface area contributed by atoms with Crippen molar-refractivity contribution in [3.05, 3.63) is 46.5 Å². The van der Waals surface area contributed by atoms with Crippen LogP contribution >= 0.6 is 0 Å². The smallest absolute Gasteiger partial charge is 0.404 e. The number of fused-ring (bicyclic) bond motifs is 1. The first-order chi connectivity index (χ1) is 10.8. The van der Waals surface area contributed by atoms with Crippen molar-refractivity contribution in [3.63, 3.8) is 0 Å². The van der Waals surface area contributed by atoms with Crippen LogP contribution in [0.15, 0.2) is 35.3 Å². The van der Waals surface area contributed by atoms with Gasteiger partial charge in [0, 0.05) is 17.6 Å². The number of aromatic nitrogens is 5. The van der Waals surface area contributed by atoms with E-state index in [4.69, 9.17) is 0 Å². The van der Waals surface area contributed by atoms with Crippen molar-refractivity contribution in [1.82, 2.24) is 24.8 Å². The third-order valence-electron chi connectivity index (χ3n) is 3.04. The third kappa shape index (κ3) is 3.15. The standard InChI is InChI=1S/C13H10F3N5O2/c1-20-18-11(17-19-20)7-21-6-5-9(22)8-3-2-4-10(12(8)21)23-13(14,15)16/h2-6H,7H2,1H3. The molecule has 0 N–H and O–H groups in total. The summed E-state index contributed by atoms with van der Waals surface area (Å²) in [5.41, 5.74) is -0.388. The zero-order valence-electron chi connectivity index (χ0n) is 11.8. The van der Waals surface area contributed by atoms with Crippen molar-refractivity contribution in [2.24, 2.45) is 7.05 Å². The second-order valence-electron chi connectivity index (χ2n) is 4.70. The minimum atomic E-state index is -4.87. The highest BCUT2D eigenvalue weighted by Gasteiger charge is 2.32. The van der Waals surface area contributed by atoms with Gasteiger partial charge in [-0.2, -0.15) is 4.80 Å². The van der Waals surface area contributed by atoms with Gasteiger partial charge in [0.25, 0.3) is 0 Å². The van der Waals surface area contributed by atoms with Crippen molar-refractivity contribution in [2.45, 2.75) is 12.9 Å². The Balaban J connectivity index is 2.17. The van der Waals surface area contributed by atoms with Gasteiger partial charge in [-0.15, -0.1) is 23.4 Å². The highest BCUT2D eigenvalue weighted by Crippen LogP contribution is 2.29. The van der Waals surface area contributed by atoms with Crippen LogP contribution in [0.4, 0.5) is 13.2 Å². The Kier molecular flexibility index (Phi) is 3.51. The lowest BCUT2D eigenvalue weighted by molar-refractivity contribution is -0.274. The summed E-state index contributed by atoms with van der Waals surface area (Å²) in [6.45, 7) is 0.0445. The van der Waals surface area contributed by atoms with Crippen LogP contribution in [0.1, 0.15) is 5.82 Å². The first-order valence-corrected chi connectivity index (χ1v) is 6.44. The highest BCUT2D eigenvalue weighted by atomic mass is 19.4. The Hall–Kier alpha value is -2.91. The molecule has 1 aromatic carbocycles. The van der Waals surface area contributed by atoms with Gasteiger partial charge in [-0.25, -0.2) is 0 Å². The number of nitrogens with zero attached hydrogens (tertiary/aromatic N) is 5. The molecule has 0 unspecified atom stereocenters. The van der Waals surface area contributed by atoms with Crippen LogP contribution in [0.2, 0.25) is 0 Å². The second kappa shape index (κ2) is 5.38. The molecule has 3 aromatic rings. The topological polar surface area (TPSA) is 74.8 Å². The number of aryl methyl sites for hydroxylation is 1. The maximum absolute atomic E-state index is 12.6. The molecule has 3 rings (SSSR count). The van der Waals surface area contributed by atoms with Crippen molar-refractivity contribution in [1.29, 1.82) is 0 Å². The largest absolute Gasteiger partial charge is 0.573 e. The number of benzene rings is 1. The maximum atomic E-state index is 12.6. The summed E-state index contributed by atoms with van der Waals surface area (Å²) in [6.07, 6.45) is -3.50. The summed E-state index contributed by atoms with van der Waals surface area (Å²) in [7, 11) is 1.57. The molecule has 0 bridgehead atoms. The molecular weight excluding hydrogens is 315 g/mol. The molecule has 0 saturated carbocycles. The van der Waals surface area contributed by atoms with Crippen molar-refractivity contribution < 1.29 is 17.9 Å². The summed E-state index contributed by atoms with van der Waals surface area (Å²) in [5.74, 6) is -0.171. The van der Waals surface area contributed by atoms with Gasteiger partial charge in [0.05, 0.1) is 19.1 Å². The third-order valence-corrected chi connectivity index (χ3v) is 3.04. The fourth-order valence-electron chi connectivity index (χ4n) is 2.22. The Morgan fingerprint density at radius 1 is 1.26 bits per heavy atom. The fourth-order valence-corrected chi connectivity index (χ4v) is 2.22. The first kappa shape index (κ1) is 15.0. The Labute approximate surface area is 126 Å². The van der Waals surface area contributed by atoms with Crippen molar-refractivity contribution in [2.75, 3.05) is 0 Å². The minimum Gasteiger partial charge on any atom is -0.404 e. The van der Waals surface area contributed by atoms with E-state index >= 15 is 0 Å². The molecule has 0 radical (unpaired) electrons. The molecule has 0 aliphatic carbocycles. The number of rotatable bonds is 3. The average molecular weight is 325 g/mol. The predicted octanol–water partition coefficient (Wildman–Crippen LogP) is 1.47. The molecule has 0 saturated heterocycles. The molecule has 7 nitrogen and oxygen atoms in total. The number of ether oxygens (including phenoxy) is 1. The lowest BCUT2D eigenvalue weighted by Gasteiger charge is -2.15. The molecule has 10 heteroatoms. The number of hydrogen-bond acceptors (Lipinski definition) is 5. The molecule has 0 spiro atoms. The molecule has 0 aliphatic heterocycles. The molecule has 0 amide bonds. The van der Waals surface area contributed by atoms with Gasteiger partial charge < -0.3 is 9.30 Å². The zero-order chi connectivity index (χ0) is 16.6. The van der Waals surface area contributed by atoms with Gasteiger partial charge in [0.15, 0.2) is 17.0 Å². The van der Waals surface area contributed by atoms with Gasteiger partial charge >= 0.3 is 6.36 Å². The quantitative estimate of drug-likeness (QED) is 0.729. The van der Waals surface area contributed by atoms with E-state index in [0.717, 1.165) is 6.07 Å². The SMILES string of the molecule is Cn1nnc(Cn2ccc(=O)c3cccc(OC(F)(F)F)c32)n1. The van der Waals surface area contributed by atoms with E-state index in [2.05, 4.69) is 20.1 Å². The molecule has 120 valence electrons. The van der Waals surface area contributed by atoms with Gasteiger partial charge in [0.1, 0.15) is 0 Å². The number of hydrogen-bond donors (Lipinski definition) is 0. The Morgan fingerprint density at radius 2 is 2.04 bits per heavy atom. The van der Waals surface area contributed by atoms with Crippen LogP contribution in [0, 0.1) is 0 Å². The van der Waals surface area contributed by atoms with Crippen LogP contribution in [0.5, 0.6) is 5.75 Å². The van der Waals surface area contributed by atoms with Gasteiger partial charge in [-0.05, 0) is 17.3 Å². The normalized spacial score (nSPS) is 11.8. The fraction of sp³-hybridized carbons (Fsp3) is 0.231. The summed E-state index contributed by atoms with van der Waals surface area (Å²) < 4.78 is 43.2. The average Bonchev–Trinajstić information content (AvgIpc) is 2.86. The molecular formula is C13H10F3N5O2.